The third-order valence-electron chi connectivity index (χ3n) is 3.39. The van der Waals surface area contributed by atoms with E-state index in [2.05, 4.69) is 0 Å². The summed E-state index contributed by atoms with van der Waals surface area (Å²) in [4.78, 5) is 0. The Bertz CT molecular complexity index is 626. The first-order chi connectivity index (χ1) is 10.4. The Morgan fingerprint density at radius 1 is 0.565 bits per heavy atom. The van der Waals surface area contributed by atoms with Crippen molar-refractivity contribution in [3.63, 3.8) is 0 Å². The van der Waals surface area contributed by atoms with E-state index in [1.165, 1.54) is 24.3 Å². The van der Waals surface area contributed by atoms with Crippen molar-refractivity contribution < 1.29 is 13.2 Å². The number of rotatable bonds is 0. The Labute approximate surface area is 137 Å². The molecular weight excluding hydrogens is 297 g/mol. The van der Waals surface area contributed by atoms with Crippen LogP contribution in [0.2, 0.25) is 0 Å². The summed E-state index contributed by atoms with van der Waals surface area (Å²) in [7, 11) is 0. The van der Waals surface area contributed by atoms with Crippen LogP contribution in [0, 0.1) is 17.5 Å². The van der Waals surface area contributed by atoms with E-state index >= 15 is 0 Å². The second-order valence-corrected chi connectivity index (χ2v) is 7.58. The summed E-state index contributed by atoms with van der Waals surface area (Å²) in [6.45, 7) is 11.4. The molecule has 2 aromatic carbocycles. The molecule has 0 aromatic heterocycles. The number of hydrogen-bond donors (Lipinski definition) is 0. The molecule has 0 unspecified atom stereocenters. The van der Waals surface area contributed by atoms with Gasteiger partial charge >= 0.3 is 0 Å². The van der Waals surface area contributed by atoms with Crippen molar-refractivity contribution >= 4 is 0 Å². The highest BCUT2D eigenvalue weighted by molar-refractivity contribution is 5.26. The Morgan fingerprint density at radius 3 is 1.30 bits per heavy atom. The van der Waals surface area contributed by atoms with Crippen LogP contribution in [-0.4, -0.2) is 0 Å². The van der Waals surface area contributed by atoms with Crippen LogP contribution in [0.3, 0.4) is 0 Å². The molecule has 0 bridgehead atoms. The molecule has 0 heterocycles. The predicted molar refractivity (Wildman–Crippen MR) is 90.2 cm³/mol. The zero-order chi connectivity index (χ0) is 17.8. The summed E-state index contributed by atoms with van der Waals surface area (Å²) in [5, 5.41) is 0. The lowest BCUT2D eigenvalue weighted by Crippen LogP contribution is -2.15. The average Bonchev–Trinajstić information content (AvgIpc) is 2.36. The molecule has 0 atom stereocenters. The van der Waals surface area contributed by atoms with E-state index in [4.69, 9.17) is 0 Å². The van der Waals surface area contributed by atoms with Gasteiger partial charge in [0.25, 0.3) is 0 Å². The third-order valence-corrected chi connectivity index (χ3v) is 3.39. The molecule has 0 N–H and O–H groups in total. The summed E-state index contributed by atoms with van der Waals surface area (Å²) in [6.07, 6.45) is 0. The van der Waals surface area contributed by atoms with E-state index in [9.17, 15) is 13.2 Å². The first-order valence-electron chi connectivity index (χ1n) is 7.64. The van der Waals surface area contributed by atoms with Crippen molar-refractivity contribution in [2.24, 2.45) is 0 Å². The molecule has 126 valence electrons. The molecule has 0 fully saturated rings. The van der Waals surface area contributed by atoms with Crippen LogP contribution in [0.4, 0.5) is 13.2 Å². The first-order valence-corrected chi connectivity index (χ1v) is 7.64. The van der Waals surface area contributed by atoms with Crippen LogP contribution in [0.15, 0.2) is 42.5 Å². The molecule has 0 amide bonds. The standard InChI is InChI=1S/C10H12F2.C10H13F/c1-10(2,3)9-7(11)5-4-6-8(9)12;1-10(2,3)8-6-4-5-7-9(8)11/h4-6H,1-3H3;4-7H,1-3H3. The van der Waals surface area contributed by atoms with Gasteiger partial charge in [0.15, 0.2) is 0 Å². The lowest BCUT2D eigenvalue weighted by atomic mass is 9.86. The van der Waals surface area contributed by atoms with Gasteiger partial charge in [-0.2, -0.15) is 0 Å². The van der Waals surface area contributed by atoms with Gasteiger partial charge in [0.1, 0.15) is 17.5 Å². The molecule has 0 aliphatic rings. The Hall–Kier alpha value is -1.77. The highest BCUT2D eigenvalue weighted by Gasteiger charge is 2.22. The minimum absolute atomic E-state index is 0.0919. The van der Waals surface area contributed by atoms with Crippen LogP contribution in [0.25, 0.3) is 0 Å². The van der Waals surface area contributed by atoms with Crippen LogP contribution >= 0.6 is 0 Å². The van der Waals surface area contributed by atoms with Gasteiger partial charge in [-0.05, 0) is 34.6 Å². The molecule has 23 heavy (non-hydrogen) atoms. The topological polar surface area (TPSA) is 0 Å². The second-order valence-electron chi connectivity index (χ2n) is 7.58. The van der Waals surface area contributed by atoms with Crippen LogP contribution in [-0.2, 0) is 10.8 Å². The fourth-order valence-electron chi connectivity index (χ4n) is 2.28. The number of halogens is 3. The summed E-state index contributed by atoms with van der Waals surface area (Å²) >= 11 is 0. The molecule has 3 heteroatoms. The Balaban J connectivity index is 0.000000231. The van der Waals surface area contributed by atoms with Crippen LogP contribution in [0.5, 0.6) is 0 Å². The predicted octanol–water partition coefficient (Wildman–Crippen LogP) is 6.39. The average molecular weight is 322 g/mol. The number of benzene rings is 2. The molecule has 0 radical (unpaired) electrons. The smallest absolute Gasteiger partial charge is 0.129 e. The third kappa shape index (κ3) is 5.42. The van der Waals surface area contributed by atoms with Crippen molar-refractivity contribution in [3.8, 4) is 0 Å². The quantitative estimate of drug-likeness (QED) is 0.527. The van der Waals surface area contributed by atoms with Gasteiger partial charge in [-0.25, -0.2) is 13.2 Å². The summed E-state index contributed by atoms with van der Waals surface area (Å²) in [5.74, 6) is -1.05. The van der Waals surface area contributed by atoms with Gasteiger partial charge in [0.2, 0.25) is 0 Å². The largest absolute Gasteiger partial charge is 0.207 e. The van der Waals surface area contributed by atoms with Crippen molar-refractivity contribution in [1.82, 2.24) is 0 Å². The fourth-order valence-corrected chi connectivity index (χ4v) is 2.28. The van der Waals surface area contributed by atoms with Crippen molar-refractivity contribution in [3.05, 3.63) is 71.0 Å². The van der Waals surface area contributed by atoms with Crippen LogP contribution < -0.4 is 0 Å². The normalized spacial score (nSPS) is 11.7. The van der Waals surface area contributed by atoms with Crippen molar-refractivity contribution in [2.75, 3.05) is 0 Å². The summed E-state index contributed by atoms with van der Waals surface area (Å²) in [6, 6.07) is 10.8. The summed E-state index contributed by atoms with van der Waals surface area (Å²) < 4.78 is 39.3. The number of hydrogen-bond acceptors (Lipinski definition) is 0. The first kappa shape index (κ1) is 19.3. The monoisotopic (exact) mass is 322 g/mol. The van der Waals surface area contributed by atoms with Gasteiger partial charge in [-0.1, -0.05) is 65.8 Å². The highest BCUT2D eigenvalue weighted by atomic mass is 19.1. The maximum absolute atomic E-state index is 13.1. The lowest BCUT2D eigenvalue weighted by Gasteiger charge is -2.20. The van der Waals surface area contributed by atoms with Crippen molar-refractivity contribution in [2.45, 2.75) is 52.4 Å². The van der Waals surface area contributed by atoms with Gasteiger partial charge in [-0.15, -0.1) is 0 Å². The van der Waals surface area contributed by atoms with Gasteiger partial charge in [0, 0.05) is 5.56 Å². The molecule has 0 spiro atoms. The second kappa shape index (κ2) is 7.20. The van der Waals surface area contributed by atoms with Crippen LogP contribution in [0.1, 0.15) is 52.7 Å². The molecule has 0 aliphatic carbocycles. The van der Waals surface area contributed by atoms with E-state index < -0.39 is 17.0 Å². The van der Waals surface area contributed by atoms with Crippen molar-refractivity contribution in [1.29, 1.82) is 0 Å². The highest BCUT2D eigenvalue weighted by Crippen LogP contribution is 2.27. The molecular formula is C20H25F3. The van der Waals surface area contributed by atoms with E-state index in [1.54, 1.807) is 26.8 Å². The molecule has 0 saturated heterocycles. The van der Waals surface area contributed by atoms with E-state index in [0.29, 0.717) is 0 Å². The molecule has 2 rings (SSSR count). The zero-order valence-corrected chi connectivity index (χ0v) is 14.7. The van der Waals surface area contributed by atoms with E-state index in [1.807, 2.05) is 32.9 Å². The minimum Gasteiger partial charge on any atom is -0.207 e. The lowest BCUT2D eigenvalue weighted by molar-refractivity contribution is 0.475. The Morgan fingerprint density at radius 2 is 1.00 bits per heavy atom. The minimum atomic E-state index is -0.477. The molecule has 0 saturated carbocycles. The van der Waals surface area contributed by atoms with E-state index in [0.717, 1.165) is 5.56 Å². The molecule has 2 aromatic rings. The molecule has 0 nitrogen and oxygen atoms in total. The van der Waals surface area contributed by atoms with E-state index in [-0.39, 0.29) is 16.8 Å². The van der Waals surface area contributed by atoms with Gasteiger partial charge in [-0.3, -0.25) is 0 Å². The fraction of sp³-hybridized carbons (Fsp3) is 0.400. The van der Waals surface area contributed by atoms with Gasteiger partial charge < -0.3 is 0 Å². The maximum Gasteiger partial charge on any atom is 0.129 e. The SMILES string of the molecule is CC(C)(C)c1c(F)cccc1F.CC(C)(C)c1ccccc1F. The summed E-state index contributed by atoms with van der Waals surface area (Å²) in [5.41, 5.74) is 0.367. The zero-order valence-electron chi connectivity index (χ0n) is 14.7. The molecule has 0 aliphatic heterocycles. The van der Waals surface area contributed by atoms with Gasteiger partial charge in [0.05, 0.1) is 0 Å². The Kier molecular flexibility index (Phi) is 6.04. The maximum atomic E-state index is 13.1.